The fourth-order valence-electron chi connectivity index (χ4n) is 0.529. The minimum Gasteiger partial charge on any atom is -0.854 e. The molecule has 0 saturated carbocycles. The molecule has 0 unspecified atom stereocenters. The maximum Gasteiger partial charge on any atom is 1.00 e. The second-order valence-electron chi connectivity index (χ2n) is 1.76. The topological polar surface area (TPSA) is 23.1 Å². The molecule has 1 nitrogen and oxygen atoms in total. The van der Waals surface area contributed by atoms with Crippen LogP contribution in [-0.4, -0.2) is 6.61 Å². The first-order valence-corrected chi connectivity index (χ1v) is 3.00. The summed E-state index contributed by atoms with van der Waals surface area (Å²) in [6.07, 6.45) is 4.44. The van der Waals surface area contributed by atoms with E-state index in [0.29, 0.717) is 0 Å². The maximum atomic E-state index is 9.80. The van der Waals surface area contributed by atoms with E-state index in [9.17, 15) is 5.11 Å². The van der Waals surface area contributed by atoms with Crippen molar-refractivity contribution in [2.75, 3.05) is 6.61 Å². The number of unbranched alkanes of at least 4 members (excludes halogenated alkanes) is 3. The average Bonchev–Trinajstić information content (AvgIpc) is 1.69. The minimum absolute atomic E-state index is 0. The van der Waals surface area contributed by atoms with E-state index in [4.69, 9.17) is 0 Å². The van der Waals surface area contributed by atoms with Gasteiger partial charge in [-0.3, -0.25) is 0 Å². The van der Waals surface area contributed by atoms with Crippen LogP contribution in [0.15, 0.2) is 0 Å². The molecule has 2 heteroatoms. The van der Waals surface area contributed by atoms with Crippen LogP contribution in [0.25, 0.3) is 0 Å². The van der Waals surface area contributed by atoms with Crippen molar-refractivity contribution in [1.82, 2.24) is 0 Å². The van der Waals surface area contributed by atoms with E-state index in [0.717, 1.165) is 12.8 Å². The van der Waals surface area contributed by atoms with Crippen molar-refractivity contribution >= 4 is 0 Å². The largest absolute Gasteiger partial charge is 1.00 e. The van der Waals surface area contributed by atoms with E-state index in [1.54, 1.807) is 0 Å². The molecule has 0 aromatic carbocycles. The summed E-state index contributed by atoms with van der Waals surface area (Å²) in [5, 5.41) is 9.80. The Balaban J connectivity index is 0. The standard InChI is InChI=1S/C6H13O.Na/c1-2-3-4-5-6-7;/h2-6H2,1H3;/q-1;+1. The maximum absolute atomic E-state index is 9.80. The molecule has 0 radical (unpaired) electrons. The second-order valence-corrected chi connectivity index (χ2v) is 1.76. The van der Waals surface area contributed by atoms with E-state index in [-0.39, 0.29) is 36.2 Å². The fourth-order valence-corrected chi connectivity index (χ4v) is 0.529. The average molecular weight is 124 g/mol. The third-order valence-electron chi connectivity index (χ3n) is 0.998. The van der Waals surface area contributed by atoms with Gasteiger partial charge in [0, 0.05) is 0 Å². The van der Waals surface area contributed by atoms with Crippen LogP contribution in [0.5, 0.6) is 0 Å². The van der Waals surface area contributed by atoms with Gasteiger partial charge in [-0.15, -0.1) is 6.61 Å². The Morgan fingerprint density at radius 1 is 1.12 bits per heavy atom. The van der Waals surface area contributed by atoms with E-state index < -0.39 is 0 Å². The van der Waals surface area contributed by atoms with Gasteiger partial charge in [0.2, 0.25) is 0 Å². The van der Waals surface area contributed by atoms with Crippen LogP contribution in [0.4, 0.5) is 0 Å². The Morgan fingerprint density at radius 3 is 2.12 bits per heavy atom. The van der Waals surface area contributed by atoms with Crippen molar-refractivity contribution in [3.05, 3.63) is 0 Å². The van der Waals surface area contributed by atoms with Crippen LogP contribution >= 0.6 is 0 Å². The van der Waals surface area contributed by atoms with Gasteiger partial charge in [-0.25, -0.2) is 0 Å². The van der Waals surface area contributed by atoms with Crippen LogP contribution in [0.2, 0.25) is 0 Å². The number of hydrogen-bond donors (Lipinski definition) is 0. The first-order valence-electron chi connectivity index (χ1n) is 3.00. The van der Waals surface area contributed by atoms with Crippen LogP contribution < -0.4 is 34.7 Å². The summed E-state index contributed by atoms with van der Waals surface area (Å²) < 4.78 is 0. The molecule has 8 heavy (non-hydrogen) atoms. The number of rotatable bonds is 4. The molecule has 0 N–H and O–H groups in total. The second kappa shape index (κ2) is 10.9. The quantitative estimate of drug-likeness (QED) is 0.312. The van der Waals surface area contributed by atoms with Crippen molar-refractivity contribution in [3.63, 3.8) is 0 Å². The van der Waals surface area contributed by atoms with E-state index in [1.807, 2.05) is 0 Å². The zero-order valence-electron chi connectivity index (χ0n) is 5.94. The minimum atomic E-state index is 0. The summed E-state index contributed by atoms with van der Waals surface area (Å²) in [5.74, 6) is 0. The molecule has 0 aromatic heterocycles. The van der Waals surface area contributed by atoms with Gasteiger partial charge in [-0.1, -0.05) is 32.6 Å². The van der Waals surface area contributed by atoms with E-state index in [1.165, 1.54) is 12.8 Å². The first kappa shape index (κ1) is 11.7. The zero-order chi connectivity index (χ0) is 5.54. The molecule has 0 amide bonds. The molecule has 0 spiro atoms. The van der Waals surface area contributed by atoms with Crippen molar-refractivity contribution in [2.45, 2.75) is 32.6 Å². The van der Waals surface area contributed by atoms with Gasteiger partial charge in [-0.05, 0) is 0 Å². The molecule has 0 atom stereocenters. The van der Waals surface area contributed by atoms with E-state index in [2.05, 4.69) is 6.92 Å². The molecule has 0 aliphatic heterocycles. The third-order valence-corrected chi connectivity index (χ3v) is 0.998. The summed E-state index contributed by atoms with van der Waals surface area (Å²) in [5.41, 5.74) is 0. The van der Waals surface area contributed by atoms with Gasteiger partial charge in [0.05, 0.1) is 0 Å². The molecule has 0 aromatic rings. The van der Waals surface area contributed by atoms with Crippen LogP contribution in [-0.2, 0) is 0 Å². The Labute approximate surface area is 73.8 Å². The summed E-state index contributed by atoms with van der Waals surface area (Å²) in [7, 11) is 0. The van der Waals surface area contributed by atoms with Crippen LogP contribution in [0.3, 0.4) is 0 Å². The summed E-state index contributed by atoms with van der Waals surface area (Å²) >= 11 is 0. The van der Waals surface area contributed by atoms with Gasteiger partial charge in [-0.2, -0.15) is 0 Å². The molecule has 0 aliphatic rings. The Hall–Kier alpha value is 0.960. The predicted octanol–water partition coefficient (Wildman–Crippen LogP) is -2.07. The van der Waals surface area contributed by atoms with Crippen LogP contribution in [0.1, 0.15) is 32.6 Å². The molecule has 0 fully saturated rings. The fraction of sp³-hybridized carbons (Fsp3) is 1.00. The van der Waals surface area contributed by atoms with Crippen molar-refractivity contribution in [3.8, 4) is 0 Å². The zero-order valence-corrected chi connectivity index (χ0v) is 7.94. The molecule has 0 aliphatic carbocycles. The van der Waals surface area contributed by atoms with Crippen molar-refractivity contribution < 1.29 is 34.7 Å². The van der Waals surface area contributed by atoms with Gasteiger partial charge in [0.25, 0.3) is 0 Å². The Morgan fingerprint density at radius 2 is 1.75 bits per heavy atom. The van der Waals surface area contributed by atoms with Gasteiger partial charge < -0.3 is 5.11 Å². The van der Waals surface area contributed by atoms with Gasteiger partial charge in [0.15, 0.2) is 0 Å². The predicted molar refractivity (Wildman–Crippen MR) is 29.0 cm³/mol. The van der Waals surface area contributed by atoms with E-state index >= 15 is 0 Å². The normalized spacial score (nSPS) is 8.25. The third kappa shape index (κ3) is 10.0. The first-order chi connectivity index (χ1) is 3.41. The van der Waals surface area contributed by atoms with Crippen LogP contribution in [0, 0.1) is 0 Å². The molecule has 0 rings (SSSR count). The Kier molecular flexibility index (Phi) is 15.9. The van der Waals surface area contributed by atoms with Crippen molar-refractivity contribution in [1.29, 1.82) is 0 Å². The molecular weight excluding hydrogens is 111 g/mol. The summed E-state index contributed by atoms with van der Waals surface area (Å²) in [4.78, 5) is 0. The molecule has 0 bridgehead atoms. The van der Waals surface area contributed by atoms with Crippen molar-refractivity contribution in [2.24, 2.45) is 0 Å². The monoisotopic (exact) mass is 124 g/mol. The SMILES string of the molecule is CCCCCC[O-].[Na+]. The molecule has 0 saturated heterocycles. The van der Waals surface area contributed by atoms with Gasteiger partial charge >= 0.3 is 29.6 Å². The summed E-state index contributed by atoms with van der Waals surface area (Å²) in [6.45, 7) is 2.25. The smallest absolute Gasteiger partial charge is 0.854 e. The molecule has 0 heterocycles. The van der Waals surface area contributed by atoms with Gasteiger partial charge in [0.1, 0.15) is 0 Å². The number of hydrogen-bond acceptors (Lipinski definition) is 1. The molecule has 44 valence electrons. The Bertz CT molecular complexity index is 27.7. The molecular formula is C6H13NaO. The summed E-state index contributed by atoms with van der Waals surface area (Å²) in [6, 6.07) is 0.